The molecule has 9 aromatic carbocycles. The standard InChI is InChI=1S/C50H31N3/c1-2-14-38(15-3-1)53-47-24-21-36(30-45(47)46-31-37(22-25-48(46)53)40-19-9-11-32-10-4-5-16-39(32)40)34-13-8-12-33(28-34)35-20-23-43-44(29-35)41-17-6-7-18-42(41)49-50(43)52-27-26-51-49/h1-31H. The second-order valence-electron chi connectivity index (χ2n) is 13.8. The molecule has 0 aliphatic carbocycles. The minimum absolute atomic E-state index is 0.938. The summed E-state index contributed by atoms with van der Waals surface area (Å²) in [4.78, 5) is 9.47. The number of aromatic nitrogens is 3. The van der Waals surface area contributed by atoms with Gasteiger partial charge in [0.25, 0.3) is 0 Å². The van der Waals surface area contributed by atoms with Gasteiger partial charge in [-0.05, 0) is 103 Å². The van der Waals surface area contributed by atoms with E-state index in [1.807, 2.05) is 0 Å². The van der Waals surface area contributed by atoms with Gasteiger partial charge in [-0.2, -0.15) is 0 Å². The molecule has 0 atom stereocenters. The molecule has 0 bridgehead atoms. The van der Waals surface area contributed by atoms with Crippen LogP contribution in [0.3, 0.4) is 0 Å². The molecule has 11 aromatic rings. The van der Waals surface area contributed by atoms with Crippen molar-refractivity contribution < 1.29 is 0 Å². The monoisotopic (exact) mass is 673 g/mol. The average Bonchev–Trinajstić information content (AvgIpc) is 3.57. The zero-order valence-electron chi connectivity index (χ0n) is 28.7. The van der Waals surface area contributed by atoms with Crippen LogP contribution in [-0.4, -0.2) is 14.5 Å². The van der Waals surface area contributed by atoms with Crippen molar-refractivity contribution in [3.63, 3.8) is 0 Å². The zero-order valence-corrected chi connectivity index (χ0v) is 28.7. The lowest BCUT2D eigenvalue weighted by Gasteiger charge is -2.12. The van der Waals surface area contributed by atoms with Crippen LogP contribution < -0.4 is 0 Å². The molecule has 3 heteroatoms. The van der Waals surface area contributed by atoms with Gasteiger partial charge < -0.3 is 4.57 Å². The number of para-hydroxylation sites is 1. The maximum Gasteiger partial charge on any atom is 0.0971 e. The van der Waals surface area contributed by atoms with Crippen LogP contribution >= 0.6 is 0 Å². The molecule has 0 fully saturated rings. The summed E-state index contributed by atoms with van der Waals surface area (Å²) >= 11 is 0. The highest BCUT2D eigenvalue weighted by molar-refractivity contribution is 6.23. The molecule has 0 amide bonds. The topological polar surface area (TPSA) is 30.7 Å². The molecule has 0 saturated carbocycles. The molecule has 246 valence electrons. The molecule has 53 heavy (non-hydrogen) atoms. The van der Waals surface area contributed by atoms with Crippen LogP contribution in [0.4, 0.5) is 0 Å². The minimum Gasteiger partial charge on any atom is -0.309 e. The Balaban J connectivity index is 1.08. The largest absolute Gasteiger partial charge is 0.309 e. The number of nitrogens with zero attached hydrogens (tertiary/aromatic N) is 3. The van der Waals surface area contributed by atoms with Crippen molar-refractivity contribution in [2.75, 3.05) is 0 Å². The summed E-state index contributed by atoms with van der Waals surface area (Å²) in [5, 5.41) is 9.62. The Kier molecular flexibility index (Phi) is 6.55. The Hall–Kier alpha value is -7.10. The summed E-state index contributed by atoms with van der Waals surface area (Å²) in [6.45, 7) is 0. The van der Waals surface area contributed by atoms with Gasteiger partial charge in [-0.15, -0.1) is 0 Å². The number of hydrogen-bond donors (Lipinski definition) is 0. The van der Waals surface area contributed by atoms with Gasteiger partial charge in [0.15, 0.2) is 0 Å². The van der Waals surface area contributed by atoms with Gasteiger partial charge in [0, 0.05) is 39.6 Å². The fourth-order valence-electron chi connectivity index (χ4n) is 8.39. The Morgan fingerprint density at radius 3 is 1.60 bits per heavy atom. The van der Waals surface area contributed by atoms with Crippen LogP contribution in [0.25, 0.3) is 104 Å². The van der Waals surface area contributed by atoms with E-state index in [-0.39, 0.29) is 0 Å². The lowest BCUT2D eigenvalue weighted by molar-refractivity contribution is 1.18. The van der Waals surface area contributed by atoms with Crippen LogP contribution in [0.2, 0.25) is 0 Å². The highest BCUT2D eigenvalue weighted by Gasteiger charge is 2.16. The predicted molar refractivity (Wildman–Crippen MR) is 223 cm³/mol. The van der Waals surface area contributed by atoms with Gasteiger partial charge in [0.05, 0.1) is 22.1 Å². The second kappa shape index (κ2) is 11.7. The molecule has 0 radical (unpaired) electrons. The van der Waals surface area contributed by atoms with Crippen molar-refractivity contribution in [1.29, 1.82) is 0 Å². The summed E-state index contributed by atoms with van der Waals surface area (Å²) in [7, 11) is 0. The van der Waals surface area contributed by atoms with E-state index in [2.05, 4.69) is 180 Å². The van der Waals surface area contributed by atoms with Crippen LogP contribution in [-0.2, 0) is 0 Å². The van der Waals surface area contributed by atoms with Gasteiger partial charge in [-0.25, -0.2) is 0 Å². The van der Waals surface area contributed by atoms with Crippen molar-refractivity contribution in [3.8, 4) is 39.1 Å². The molecule has 0 saturated heterocycles. The molecular formula is C50H31N3. The van der Waals surface area contributed by atoms with Crippen molar-refractivity contribution in [3.05, 3.63) is 188 Å². The van der Waals surface area contributed by atoms with Gasteiger partial charge in [0.2, 0.25) is 0 Å². The van der Waals surface area contributed by atoms with Crippen LogP contribution in [0.1, 0.15) is 0 Å². The number of hydrogen-bond acceptors (Lipinski definition) is 2. The number of fused-ring (bicyclic) bond motifs is 10. The van der Waals surface area contributed by atoms with E-state index in [4.69, 9.17) is 9.97 Å². The average molecular weight is 674 g/mol. The molecule has 2 heterocycles. The van der Waals surface area contributed by atoms with E-state index in [0.29, 0.717) is 0 Å². The quantitative estimate of drug-likeness (QED) is 0.174. The van der Waals surface area contributed by atoms with Gasteiger partial charge in [-0.3, -0.25) is 9.97 Å². The van der Waals surface area contributed by atoms with E-state index >= 15 is 0 Å². The molecule has 0 N–H and O–H groups in total. The molecule has 11 rings (SSSR count). The van der Waals surface area contributed by atoms with Gasteiger partial charge in [0.1, 0.15) is 0 Å². The van der Waals surface area contributed by atoms with Crippen LogP contribution in [0, 0.1) is 0 Å². The Morgan fingerprint density at radius 1 is 0.321 bits per heavy atom. The molecular weight excluding hydrogens is 643 g/mol. The first kappa shape index (κ1) is 29.6. The molecule has 0 aliphatic heterocycles. The Morgan fingerprint density at radius 2 is 0.849 bits per heavy atom. The first-order chi connectivity index (χ1) is 26.3. The molecule has 2 aromatic heterocycles. The van der Waals surface area contributed by atoms with Crippen molar-refractivity contribution in [1.82, 2.24) is 14.5 Å². The highest BCUT2D eigenvalue weighted by atomic mass is 15.0. The van der Waals surface area contributed by atoms with Gasteiger partial charge in [-0.1, -0.05) is 127 Å². The maximum atomic E-state index is 4.75. The third-order valence-electron chi connectivity index (χ3n) is 10.9. The minimum atomic E-state index is 0.938. The highest BCUT2D eigenvalue weighted by Crippen LogP contribution is 2.40. The van der Waals surface area contributed by atoms with Crippen molar-refractivity contribution >= 4 is 65.2 Å². The SMILES string of the molecule is c1ccc(-n2c3ccc(-c4cccc(-c5ccc6c(c5)c5ccccc5c5nccnc65)c4)cc3c3cc(-c4cccc5ccccc45)ccc32)cc1. The van der Waals surface area contributed by atoms with Crippen LogP contribution in [0.5, 0.6) is 0 Å². The first-order valence-electron chi connectivity index (χ1n) is 18.1. The predicted octanol–water partition coefficient (Wildman–Crippen LogP) is 13.2. The number of rotatable bonds is 4. The third-order valence-corrected chi connectivity index (χ3v) is 10.9. The van der Waals surface area contributed by atoms with Gasteiger partial charge >= 0.3 is 0 Å². The Bertz CT molecular complexity index is 3190. The Labute approximate surface area is 306 Å². The van der Waals surface area contributed by atoms with E-state index in [1.54, 1.807) is 12.4 Å². The summed E-state index contributed by atoms with van der Waals surface area (Å²) < 4.78 is 2.39. The lowest BCUT2D eigenvalue weighted by Crippen LogP contribution is -1.93. The summed E-state index contributed by atoms with van der Waals surface area (Å²) in [5.41, 5.74) is 12.6. The lowest BCUT2D eigenvalue weighted by atomic mass is 9.94. The summed E-state index contributed by atoms with van der Waals surface area (Å²) in [6.07, 6.45) is 3.56. The summed E-state index contributed by atoms with van der Waals surface area (Å²) in [6, 6.07) is 64.0. The normalized spacial score (nSPS) is 11.8. The number of benzene rings is 9. The third kappa shape index (κ3) is 4.68. The van der Waals surface area contributed by atoms with Crippen molar-refractivity contribution in [2.45, 2.75) is 0 Å². The first-order valence-corrected chi connectivity index (χ1v) is 18.1. The smallest absolute Gasteiger partial charge is 0.0971 e. The zero-order chi connectivity index (χ0) is 34.9. The fourth-order valence-corrected chi connectivity index (χ4v) is 8.39. The van der Waals surface area contributed by atoms with E-state index < -0.39 is 0 Å². The van der Waals surface area contributed by atoms with Crippen LogP contribution in [0.15, 0.2) is 188 Å². The van der Waals surface area contributed by atoms with E-state index in [0.717, 1.165) is 27.5 Å². The fraction of sp³-hybridized carbons (Fsp3) is 0. The van der Waals surface area contributed by atoms with E-state index in [9.17, 15) is 0 Å². The molecule has 0 aliphatic rings. The molecule has 0 spiro atoms. The molecule has 0 unspecified atom stereocenters. The summed E-state index contributed by atoms with van der Waals surface area (Å²) in [5.74, 6) is 0. The molecule has 3 nitrogen and oxygen atoms in total. The second-order valence-corrected chi connectivity index (χ2v) is 13.8. The van der Waals surface area contributed by atoms with E-state index in [1.165, 1.54) is 76.7 Å². The van der Waals surface area contributed by atoms with Crippen molar-refractivity contribution in [2.24, 2.45) is 0 Å². The maximum absolute atomic E-state index is 4.75.